The van der Waals surface area contributed by atoms with Gasteiger partial charge in [0.1, 0.15) is 0 Å². The number of carbonyl (C=O) groups is 3. The van der Waals surface area contributed by atoms with Gasteiger partial charge in [0.05, 0.1) is 6.42 Å². The summed E-state index contributed by atoms with van der Waals surface area (Å²) in [6.45, 7) is 2.14. The maximum absolute atomic E-state index is 12.3. The van der Waals surface area contributed by atoms with Crippen LogP contribution < -0.4 is 10.6 Å². The van der Waals surface area contributed by atoms with Crippen molar-refractivity contribution in [1.29, 1.82) is 0 Å². The van der Waals surface area contributed by atoms with Gasteiger partial charge in [-0.25, -0.2) is 4.79 Å². The van der Waals surface area contributed by atoms with E-state index in [1.807, 2.05) is 12.2 Å². The van der Waals surface area contributed by atoms with Crippen molar-refractivity contribution in [2.75, 3.05) is 6.54 Å². The van der Waals surface area contributed by atoms with E-state index in [2.05, 4.69) is 10.6 Å². The Morgan fingerprint density at radius 1 is 1.25 bits per heavy atom. The van der Waals surface area contributed by atoms with Crippen molar-refractivity contribution in [3.05, 3.63) is 48.0 Å². The molecule has 1 aliphatic rings. The summed E-state index contributed by atoms with van der Waals surface area (Å²) in [5, 5.41) is 4.67. The van der Waals surface area contributed by atoms with Crippen LogP contribution in [0.15, 0.2) is 42.5 Å². The Bertz CT molecular complexity index is 613. The number of hydrogen-bond donors (Lipinski definition) is 2. The molecular weight excluding hydrogens is 308 g/mol. The molecule has 0 saturated carbocycles. The van der Waals surface area contributed by atoms with E-state index in [0.29, 0.717) is 12.1 Å². The Balaban J connectivity index is 2.05. The fourth-order valence-electron chi connectivity index (χ4n) is 2.54. The molecule has 1 aromatic carbocycles. The number of carbonyl (C=O) groups excluding carboxylic acids is 3. The quantitative estimate of drug-likeness (QED) is 0.620. The molecule has 0 aromatic heterocycles. The number of benzene rings is 1. The van der Waals surface area contributed by atoms with Crippen molar-refractivity contribution in [2.24, 2.45) is 5.92 Å². The van der Waals surface area contributed by atoms with Gasteiger partial charge in [0, 0.05) is 12.1 Å². The van der Waals surface area contributed by atoms with Crippen LogP contribution >= 0.6 is 0 Å². The number of esters is 1. The van der Waals surface area contributed by atoms with Crippen LogP contribution in [0, 0.1) is 5.92 Å². The highest BCUT2D eigenvalue weighted by Crippen LogP contribution is 2.24. The predicted molar refractivity (Wildman–Crippen MR) is 89.0 cm³/mol. The van der Waals surface area contributed by atoms with Gasteiger partial charge in [-0.05, 0) is 25.7 Å². The van der Waals surface area contributed by atoms with Gasteiger partial charge < -0.3 is 10.1 Å². The molecule has 0 spiro atoms. The van der Waals surface area contributed by atoms with Crippen LogP contribution in [0.2, 0.25) is 0 Å². The lowest BCUT2D eigenvalue weighted by atomic mass is 10.1. The smallest absolute Gasteiger partial charge is 0.321 e. The molecule has 6 nitrogen and oxygen atoms in total. The third-order valence-electron chi connectivity index (χ3n) is 3.71. The average Bonchev–Trinajstić information content (AvgIpc) is 3.06. The van der Waals surface area contributed by atoms with Gasteiger partial charge in [-0.15, -0.1) is 0 Å². The summed E-state index contributed by atoms with van der Waals surface area (Å²) in [4.78, 5) is 36.1. The van der Waals surface area contributed by atoms with E-state index in [0.717, 1.165) is 12.8 Å². The summed E-state index contributed by atoms with van der Waals surface area (Å²) in [6.07, 6.45) is 4.98. The third kappa shape index (κ3) is 5.22. The van der Waals surface area contributed by atoms with Crippen LogP contribution in [0.3, 0.4) is 0 Å². The highest BCUT2D eigenvalue weighted by molar-refractivity contribution is 5.97. The fraction of sp³-hybridized carbons (Fsp3) is 0.389. The van der Waals surface area contributed by atoms with E-state index in [9.17, 15) is 14.4 Å². The second kappa shape index (κ2) is 8.86. The molecule has 0 saturated heterocycles. The van der Waals surface area contributed by atoms with Crippen LogP contribution in [0.4, 0.5) is 4.79 Å². The van der Waals surface area contributed by atoms with Gasteiger partial charge in [-0.1, -0.05) is 42.5 Å². The second-order valence-electron chi connectivity index (χ2n) is 5.60. The first kappa shape index (κ1) is 17.7. The Hall–Kier alpha value is -2.63. The summed E-state index contributed by atoms with van der Waals surface area (Å²) in [5.41, 5.74) is 0.523. The van der Waals surface area contributed by atoms with Crippen LogP contribution in [0.1, 0.15) is 37.9 Å². The summed E-state index contributed by atoms with van der Waals surface area (Å²) in [6, 6.07) is 8.05. The van der Waals surface area contributed by atoms with Crippen molar-refractivity contribution >= 4 is 17.9 Å². The van der Waals surface area contributed by atoms with E-state index in [1.165, 1.54) is 0 Å². The van der Waals surface area contributed by atoms with E-state index < -0.39 is 24.0 Å². The SMILES string of the molecule is CCNC(=O)NC(=O)[C@@H](OC(=O)C[C@H]1C=CCC1)c1ccccc1. The lowest BCUT2D eigenvalue weighted by Gasteiger charge is -2.18. The van der Waals surface area contributed by atoms with Gasteiger partial charge in [0.15, 0.2) is 0 Å². The molecule has 2 atom stereocenters. The molecule has 0 fully saturated rings. The highest BCUT2D eigenvalue weighted by Gasteiger charge is 2.27. The summed E-state index contributed by atoms with van der Waals surface area (Å²) in [7, 11) is 0. The van der Waals surface area contributed by atoms with Gasteiger partial charge in [-0.2, -0.15) is 0 Å². The Morgan fingerprint density at radius 2 is 2.00 bits per heavy atom. The molecule has 1 aromatic rings. The molecule has 1 aliphatic carbocycles. The normalized spacial score (nSPS) is 17.1. The number of urea groups is 1. The van der Waals surface area contributed by atoms with Crippen LogP contribution in [-0.2, 0) is 14.3 Å². The molecule has 3 amide bonds. The molecule has 0 radical (unpaired) electrons. The van der Waals surface area contributed by atoms with Gasteiger partial charge in [-0.3, -0.25) is 14.9 Å². The highest BCUT2D eigenvalue weighted by atomic mass is 16.5. The fourth-order valence-corrected chi connectivity index (χ4v) is 2.54. The first-order valence-corrected chi connectivity index (χ1v) is 8.10. The molecule has 0 bridgehead atoms. The zero-order valence-electron chi connectivity index (χ0n) is 13.7. The standard InChI is InChI=1S/C18H22N2O4/c1-2-19-18(23)20-17(22)16(14-10-4-3-5-11-14)24-15(21)12-13-8-6-7-9-13/h3-6,8,10-11,13,16H,2,7,9,12H2,1H3,(H2,19,20,22,23)/t13-,16-/m0/s1. The van der Waals surface area contributed by atoms with Crippen molar-refractivity contribution < 1.29 is 19.1 Å². The number of rotatable bonds is 6. The van der Waals surface area contributed by atoms with E-state index >= 15 is 0 Å². The summed E-state index contributed by atoms with van der Waals surface area (Å²) < 4.78 is 5.37. The van der Waals surface area contributed by atoms with Crippen LogP contribution in [-0.4, -0.2) is 24.5 Å². The van der Waals surface area contributed by atoms with Gasteiger partial charge in [0.2, 0.25) is 6.10 Å². The van der Waals surface area contributed by atoms with Gasteiger partial charge in [0.25, 0.3) is 5.91 Å². The molecular formula is C18H22N2O4. The summed E-state index contributed by atoms with van der Waals surface area (Å²) in [5.74, 6) is -0.964. The minimum absolute atomic E-state index is 0.153. The largest absolute Gasteiger partial charge is 0.447 e. The minimum atomic E-state index is -1.15. The minimum Gasteiger partial charge on any atom is -0.447 e. The van der Waals surface area contributed by atoms with Crippen molar-refractivity contribution in [2.45, 2.75) is 32.3 Å². The van der Waals surface area contributed by atoms with Crippen molar-refractivity contribution in [1.82, 2.24) is 10.6 Å². The molecule has 0 heterocycles. The zero-order chi connectivity index (χ0) is 17.4. The molecule has 24 heavy (non-hydrogen) atoms. The second-order valence-corrected chi connectivity index (χ2v) is 5.60. The van der Waals surface area contributed by atoms with Crippen LogP contribution in [0.5, 0.6) is 0 Å². The number of ether oxygens (including phenoxy) is 1. The monoisotopic (exact) mass is 330 g/mol. The van der Waals surface area contributed by atoms with Crippen molar-refractivity contribution in [3.8, 4) is 0 Å². The first-order chi connectivity index (χ1) is 11.6. The topological polar surface area (TPSA) is 84.5 Å². The summed E-state index contributed by atoms with van der Waals surface area (Å²) >= 11 is 0. The number of imide groups is 1. The number of nitrogens with one attached hydrogen (secondary N) is 2. The molecule has 0 unspecified atom stereocenters. The maximum Gasteiger partial charge on any atom is 0.321 e. The molecule has 6 heteroatoms. The Labute approximate surface area is 141 Å². The molecule has 0 aliphatic heterocycles. The Kier molecular flexibility index (Phi) is 6.54. The van der Waals surface area contributed by atoms with Crippen molar-refractivity contribution in [3.63, 3.8) is 0 Å². The molecule has 128 valence electrons. The zero-order valence-corrected chi connectivity index (χ0v) is 13.7. The number of allylic oxidation sites excluding steroid dienone is 2. The third-order valence-corrected chi connectivity index (χ3v) is 3.71. The molecule has 2 N–H and O–H groups in total. The van der Waals surface area contributed by atoms with E-state index in [-0.39, 0.29) is 12.3 Å². The lowest BCUT2D eigenvalue weighted by molar-refractivity contribution is -0.156. The van der Waals surface area contributed by atoms with Crippen LogP contribution in [0.25, 0.3) is 0 Å². The molecule has 2 rings (SSSR count). The Morgan fingerprint density at radius 3 is 2.62 bits per heavy atom. The van der Waals surface area contributed by atoms with E-state index in [1.54, 1.807) is 37.3 Å². The maximum atomic E-state index is 12.3. The number of amides is 3. The first-order valence-electron chi connectivity index (χ1n) is 8.10. The van der Waals surface area contributed by atoms with E-state index in [4.69, 9.17) is 4.74 Å². The average molecular weight is 330 g/mol. The number of hydrogen-bond acceptors (Lipinski definition) is 4. The predicted octanol–water partition coefficient (Wildman–Crippen LogP) is 2.47. The van der Waals surface area contributed by atoms with Gasteiger partial charge >= 0.3 is 12.0 Å². The lowest BCUT2D eigenvalue weighted by Crippen LogP contribution is -2.42.